The first-order chi connectivity index (χ1) is 12.3. The molecule has 1 aliphatic carbocycles. The van der Waals surface area contributed by atoms with E-state index < -0.39 is 6.10 Å². The molecule has 1 aliphatic rings. The zero-order chi connectivity index (χ0) is 18.8. The molecule has 27 heavy (non-hydrogen) atoms. The Morgan fingerprint density at radius 2 is 1.89 bits per heavy atom. The van der Waals surface area contributed by atoms with Crippen LogP contribution in [-0.4, -0.2) is 24.1 Å². The molecule has 0 bridgehead atoms. The van der Waals surface area contributed by atoms with Crippen LogP contribution in [0.5, 0.6) is 5.75 Å². The standard InChI is InChI=1S/C20H26N2O4.ClH/c1-11-12(2)20(24)26-18-10-16(8-9-17(11)18)25-13(3)19(23)22-15-6-4-14(21)5-7-15;/h8-10,13-15H,4-7,21H2,1-3H3,(H,22,23);1H. The lowest BCUT2D eigenvalue weighted by Gasteiger charge is -2.27. The molecular weight excluding hydrogens is 368 g/mol. The molecule has 148 valence electrons. The molecule has 1 unspecified atom stereocenters. The maximum atomic E-state index is 12.4. The summed E-state index contributed by atoms with van der Waals surface area (Å²) in [5, 5.41) is 3.90. The van der Waals surface area contributed by atoms with Gasteiger partial charge in [0.2, 0.25) is 0 Å². The first-order valence-corrected chi connectivity index (χ1v) is 9.12. The molecule has 6 nitrogen and oxygen atoms in total. The van der Waals surface area contributed by atoms with Crippen molar-refractivity contribution in [1.29, 1.82) is 0 Å². The maximum Gasteiger partial charge on any atom is 0.339 e. The smallest absolute Gasteiger partial charge is 0.339 e. The normalized spacial score (nSPS) is 20.6. The molecule has 3 N–H and O–H groups in total. The molecule has 1 atom stereocenters. The molecule has 2 aromatic rings. The summed E-state index contributed by atoms with van der Waals surface area (Å²) in [6.45, 7) is 5.35. The predicted octanol–water partition coefficient (Wildman–Crippen LogP) is 2.99. The highest BCUT2D eigenvalue weighted by atomic mass is 35.5. The van der Waals surface area contributed by atoms with Crippen molar-refractivity contribution in [1.82, 2.24) is 5.32 Å². The highest BCUT2D eigenvalue weighted by Gasteiger charge is 2.23. The summed E-state index contributed by atoms with van der Waals surface area (Å²) in [4.78, 5) is 24.2. The predicted molar refractivity (Wildman–Crippen MR) is 108 cm³/mol. The fourth-order valence-corrected chi connectivity index (χ4v) is 3.34. The number of amides is 1. The van der Waals surface area contributed by atoms with Crippen molar-refractivity contribution in [3.05, 3.63) is 39.7 Å². The van der Waals surface area contributed by atoms with Crippen molar-refractivity contribution in [2.24, 2.45) is 5.73 Å². The molecule has 3 rings (SSSR count). The van der Waals surface area contributed by atoms with E-state index in [1.165, 1.54) is 0 Å². The van der Waals surface area contributed by atoms with E-state index in [0.717, 1.165) is 36.6 Å². The number of rotatable bonds is 4. The monoisotopic (exact) mass is 394 g/mol. The first kappa shape index (κ1) is 21.3. The van der Waals surface area contributed by atoms with Crippen LogP contribution in [0.2, 0.25) is 0 Å². The third kappa shape index (κ3) is 4.82. The van der Waals surface area contributed by atoms with E-state index in [0.29, 0.717) is 16.9 Å². The van der Waals surface area contributed by atoms with Crippen LogP contribution >= 0.6 is 12.4 Å². The van der Waals surface area contributed by atoms with Crippen LogP contribution in [0.3, 0.4) is 0 Å². The lowest BCUT2D eigenvalue weighted by molar-refractivity contribution is -0.128. The van der Waals surface area contributed by atoms with Gasteiger partial charge >= 0.3 is 5.63 Å². The molecule has 1 amide bonds. The first-order valence-electron chi connectivity index (χ1n) is 9.12. The lowest BCUT2D eigenvalue weighted by atomic mass is 9.92. The highest BCUT2D eigenvalue weighted by Crippen LogP contribution is 2.24. The van der Waals surface area contributed by atoms with Gasteiger partial charge in [0, 0.05) is 29.1 Å². The van der Waals surface area contributed by atoms with Crippen molar-refractivity contribution in [2.45, 2.75) is 64.6 Å². The number of carbonyl (C=O) groups is 1. The van der Waals surface area contributed by atoms with Crippen molar-refractivity contribution in [3.8, 4) is 5.75 Å². The number of carbonyl (C=O) groups excluding carboxylic acids is 1. The van der Waals surface area contributed by atoms with Crippen LogP contribution < -0.4 is 21.4 Å². The van der Waals surface area contributed by atoms with E-state index in [9.17, 15) is 9.59 Å². The van der Waals surface area contributed by atoms with Crippen molar-refractivity contribution < 1.29 is 13.9 Å². The van der Waals surface area contributed by atoms with Crippen LogP contribution in [0.4, 0.5) is 0 Å². The number of nitrogens with one attached hydrogen (secondary N) is 1. The summed E-state index contributed by atoms with van der Waals surface area (Å²) in [6, 6.07) is 5.71. The molecule has 0 aliphatic heterocycles. The summed E-state index contributed by atoms with van der Waals surface area (Å²) in [6.07, 6.45) is 3.03. The van der Waals surface area contributed by atoms with Gasteiger partial charge in [0.15, 0.2) is 6.10 Å². The average Bonchev–Trinajstić information content (AvgIpc) is 2.61. The zero-order valence-corrected chi connectivity index (χ0v) is 16.7. The molecular formula is C20H27ClN2O4. The van der Waals surface area contributed by atoms with Gasteiger partial charge in [0.1, 0.15) is 11.3 Å². The second-order valence-electron chi connectivity index (χ2n) is 7.18. The topological polar surface area (TPSA) is 94.6 Å². The number of hydrogen-bond donors (Lipinski definition) is 2. The fraction of sp³-hybridized carbons (Fsp3) is 0.500. The van der Waals surface area contributed by atoms with Gasteiger partial charge in [-0.25, -0.2) is 4.79 Å². The third-order valence-electron chi connectivity index (χ3n) is 5.23. The van der Waals surface area contributed by atoms with Crippen LogP contribution in [0.25, 0.3) is 11.0 Å². The number of halogens is 1. The minimum Gasteiger partial charge on any atom is -0.481 e. The maximum absolute atomic E-state index is 12.4. The van der Waals surface area contributed by atoms with E-state index in [1.807, 2.05) is 13.0 Å². The Morgan fingerprint density at radius 1 is 1.22 bits per heavy atom. The van der Waals surface area contributed by atoms with Crippen LogP contribution in [0.15, 0.2) is 27.4 Å². The van der Waals surface area contributed by atoms with Gasteiger partial charge < -0.3 is 20.2 Å². The van der Waals surface area contributed by atoms with Gasteiger partial charge in [-0.2, -0.15) is 0 Å². The summed E-state index contributed by atoms with van der Waals surface area (Å²) in [7, 11) is 0. The van der Waals surface area contributed by atoms with Crippen molar-refractivity contribution in [3.63, 3.8) is 0 Å². The highest BCUT2D eigenvalue weighted by molar-refractivity contribution is 5.85. The summed E-state index contributed by atoms with van der Waals surface area (Å²) < 4.78 is 11.1. The molecule has 1 aromatic carbocycles. The molecule has 7 heteroatoms. The molecule has 1 saturated carbocycles. The Labute approximate surface area is 164 Å². The van der Waals surface area contributed by atoms with Gasteiger partial charge in [-0.05, 0) is 64.2 Å². The molecule has 1 heterocycles. The lowest BCUT2D eigenvalue weighted by Crippen LogP contribution is -2.45. The third-order valence-corrected chi connectivity index (χ3v) is 5.23. The summed E-state index contributed by atoms with van der Waals surface area (Å²) in [5.74, 6) is 0.351. The van der Waals surface area contributed by atoms with Crippen LogP contribution in [0, 0.1) is 13.8 Å². The number of fused-ring (bicyclic) bond motifs is 1. The summed E-state index contributed by atoms with van der Waals surface area (Å²) in [5.41, 5.74) is 7.50. The number of nitrogens with two attached hydrogens (primary N) is 1. The van der Waals surface area contributed by atoms with E-state index in [-0.39, 0.29) is 36.0 Å². The van der Waals surface area contributed by atoms with E-state index in [2.05, 4.69) is 5.32 Å². The van der Waals surface area contributed by atoms with Gasteiger partial charge in [0.25, 0.3) is 5.91 Å². The van der Waals surface area contributed by atoms with Gasteiger partial charge in [0.05, 0.1) is 0 Å². The second-order valence-corrected chi connectivity index (χ2v) is 7.18. The number of aryl methyl sites for hydroxylation is 1. The van der Waals surface area contributed by atoms with Gasteiger partial charge in [-0.15, -0.1) is 12.4 Å². The van der Waals surface area contributed by atoms with Crippen LogP contribution in [-0.2, 0) is 4.79 Å². The SMILES string of the molecule is Cc1c(C)c2ccc(OC(C)C(=O)NC3CCC(N)CC3)cc2oc1=O.Cl. The molecule has 0 spiro atoms. The Balaban J connectivity index is 0.00000261. The van der Waals surface area contributed by atoms with E-state index in [4.69, 9.17) is 14.9 Å². The number of benzene rings is 1. The largest absolute Gasteiger partial charge is 0.481 e. The Bertz CT molecular complexity index is 872. The van der Waals surface area contributed by atoms with Crippen molar-refractivity contribution in [2.75, 3.05) is 0 Å². The van der Waals surface area contributed by atoms with Crippen LogP contribution in [0.1, 0.15) is 43.7 Å². The van der Waals surface area contributed by atoms with Gasteiger partial charge in [-0.3, -0.25) is 4.79 Å². The summed E-state index contributed by atoms with van der Waals surface area (Å²) >= 11 is 0. The molecule has 0 radical (unpaired) electrons. The molecule has 0 saturated heterocycles. The van der Waals surface area contributed by atoms with E-state index in [1.54, 1.807) is 26.0 Å². The Kier molecular flexibility index (Phi) is 6.89. The quantitative estimate of drug-likeness (QED) is 0.777. The zero-order valence-electron chi connectivity index (χ0n) is 15.9. The second kappa shape index (κ2) is 8.76. The minimum absolute atomic E-state index is 0. The van der Waals surface area contributed by atoms with Crippen molar-refractivity contribution >= 4 is 29.3 Å². The fourth-order valence-electron chi connectivity index (χ4n) is 3.34. The Hall–Kier alpha value is -2.05. The molecule has 1 fully saturated rings. The van der Waals surface area contributed by atoms with Gasteiger partial charge in [-0.1, -0.05) is 0 Å². The molecule has 1 aromatic heterocycles. The van der Waals surface area contributed by atoms with E-state index >= 15 is 0 Å². The number of ether oxygens (including phenoxy) is 1. The average molecular weight is 395 g/mol. The minimum atomic E-state index is -0.638. The Morgan fingerprint density at radius 3 is 2.56 bits per heavy atom. The number of hydrogen-bond acceptors (Lipinski definition) is 5.